The number of rotatable bonds is 10. The van der Waals surface area contributed by atoms with Gasteiger partial charge in [-0.05, 0) is 67.4 Å². The Morgan fingerprint density at radius 3 is 2.21 bits per heavy atom. The van der Waals surface area contributed by atoms with E-state index in [1.54, 1.807) is 44.6 Å². The second-order valence-corrected chi connectivity index (χ2v) is 9.45. The number of nitrogens with zero attached hydrogens (tertiary/aromatic N) is 1. The van der Waals surface area contributed by atoms with Crippen molar-refractivity contribution in [3.8, 4) is 11.5 Å². The van der Waals surface area contributed by atoms with Gasteiger partial charge >= 0.3 is 0 Å². The molecule has 7 nitrogen and oxygen atoms in total. The van der Waals surface area contributed by atoms with Crippen molar-refractivity contribution in [2.45, 2.75) is 18.2 Å². The summed E-state index contributed by atoms with van der Waals surface area (Å²) in [5.41, 5.74) is 2.21. The fourth-order valence-corrected chi connectivity index (χ4v) is 4.75. The van der Waals surface area contributed by atoms with Crippen molar-refractivity contribution in [3.63, 3.8) is 0 Å². The lowest BCUT2D eigenvalue weighted by atomic mass is 10.1. The monoisotopic (exact) mass is 486 g/mol. The van der Waals surface area contributed by atoms with Crippen LogP contribution in [0.1, 0.15) is 11.1 Å². The number of halogens is 1. The number of aryl methyl sites for hydroxylation is 1. The SMILES string of the molecule is COc1ccc(CCNC(=O)CN(c2ccc(C)cc2)S(=O)(=O)c2ccc(F)cc2)cc1OC. The van der Waals surface area contributed by atoms with Crippen LogP contribution in [-0.2, 0) is 21.2 Å². The van der Waals surface area contributed by atoms with Crippen molar-refractivity contribution in [1.29, 1.82) is 0 Å². The smallest absolute Gasteiger partial charge is 0.264 e. The molecule has 0 aromatic heterocycles. The molecule has 34 heavy (non-hydrogen) atoms. The van der Waals surface area contributed by atoms with Gasteiger partial charge in [0.1, 0.15) is 12.4 Å². The average molecular weight is 487 g/mol. The topological polar surface area (TPSA) is 84.9 Å². The van der Waals surface area contributed by atoms with E-state index in [-0.39, 0.29) is 4.90 Å². The third-order valence-electron chi connectivity index (χ3n) is 5.19. The number of amides is 1. The molecule has 0 aliphatic heterocycles. The van der Waals surface area contributed by atoms with E-state index in [1.807, 2.05) is 19.1 Å². The van der Waals surface area contributed by atoms with Crippen molar-refractivity contribution in [2.75, 3.05) is 31.6 Å². The van der Waals surface area contributed by atoms with Gasteiger partial charge in [0.15, 0.2) is 11.5 Å². The van der Waals surface area contributed by atoms with Crippen LogP contribution in [0.2, 0.25) is 0 Å². The van der Waals surface area contributed by atoms with Crippen LogP contribution in [0.3, 0.4) is 0 Å². The van der Waals surface area contributed by atoms with Crippen LogP contribution in [0.5, 0.6) is 11.5 Å². The first-order valence-electron chi connectivity index (χ1n) is 10.6. The molecule has 0 saturated carbocycles. The number of methoxy groups -OCH3 is 2. The normalized spacial score (nSPS) is 11.1. The summed E-state index contributed by atoms with van der Waals surface area (Å²) in [5.74, 6) is 0.178. The molecule has 0 atom stereocenters. The fraction of sp³-hybridized carbons (Fsp3) is 0.240. The van der Waals surface area contributed by atoms with Crippen LogP contribution < -0.4 is 19.1 Å². The molecule has 3 rings (SSSR count). The molecule has 0 spiro atoms. The van der Waals surface area contributed by atoms with E-state index in [1.165, 1.54) is 12.1 Å². The maximum absolute atomic E-state index is 13.3. The van der Waals surface area contributed by atoms with Crippen LogP contribution in [0.25, 0.3) is 0 Å². The van der Waals surface area contributed by atoms with E-state index >= 15 is 0 Å². The van der Waals surface area contributed by atoms with Gasteiger partial charge in [-0.25, -0.2) is 12.8 Å². The minimum atomic E-state index is -4.10. The molecule has 0 heterocycles. The van der Waals surface area contributed by atoms with Crippen LogP contribution in [0, 0.1) is 12.7 Å². The van der Waals surface area contributed by atoms with Crippen LogP contribution in [0.15, 0.2) is 71.6 Å². The summed E-state index contributed by atoms with van der Waals surface area (Å²) in [6, 6.07) is 16.8. The summed E-state index contributed by atoms with van der Waals surface area (Å²) in [5, 5.41) is 2.76. The van der Waals surface area contributed by atoms with Crippen LogP contribution >= 0.6 is 0 Å². The lowest BCUT2D eigenvalue weighted by Gasteiger charge is -2.24. The van der Waals surface area contributed by atoms with Crippen molar-refractivity contribution in [2.24, 2.45) is 0 Å². The van der Waals surface area contributed by atoms with Crippen molar-refractivity contribution in [3.05, 3.63) is 83.7 Å². The Labute approximate surface area is 199 Å². The summed E-state index contributed by atoms with van der Waals surface area (Å²) in [7, 11) is -0.998. The summed E-state index contributed by atoms with van der Waals surface area (Å²) < 4.78 is 51.4. The predicted octanol–water partition coefficient (Wildman–Crippen LogP) is 3.71. The Hall–Kier alpha value is -3.59. The largest absolute Gasteiger partial charge is 0.493 e. The lowest BCUT2D eigenvalue weighted by Crippen LogP contribution is -2.41. The van der Waals surface area contributed by atoms with E-state index in [2.05, 4.69) is 5.32 Å². The summed E-state index contributed by atoms with van der Waals surface area (Å²) in [4.78, 5) is 12.6. The van der Waals surface area contributed by atoms with Crippen molar-refractivity contribution >= 4 is 21.6 Å². The molecule has 3 aromatic rings. The van der Waals surface area contributed by atoms with Gasteiger partial charge in [-0.15, -0.1) is 0 Å². The molecule has 0 fully saturated rings. The number of anilines is 1. The minimum absolute atomic E-state index is 0.104. The summed E-state index contributed by atoms with van der Waals surface area (Å²) in [6.45, 7) is 1.75. The van der Waals surface area contributed by atoms with Gasteiger partial charge in [0.2, 0.25) is 5.91 Å². The highest BCUT2D eigenvalue weighted by atomic mass is 32.2. The Bertz CT molecular complexity index is 1230. The Balaban J connectivity index is 1.74. The standard InChI is InChI=1S/C25H27FN2O5S/c1-18-4-9-21(10-5-18)28(34(30,31)22-11-7-20(26)8-12-22)17-25(29)27-15-14-19-6-13-23(32-2)24(16-19)33-3/h4-13,16H,14-15,17H2,1-3H3,(H,27,29). The van der Waals surface area contributed by atoms with Crippen molar-refractivity contribution in [1.82, 2.24) is 5.32 Å². The molecular formula is C25H27FN2O5S. The van der Waals surface area contributed by atoms with E-state index in [0.29, 0.717) is 30.2 Å². The maximum Gasteiger partial charge on any atom is 0.264 e. The number of ether oxygens (including phenoxy) is 2. The zero-order chi connectivity index (χ0) is 24.7. The van der Waals surface area contributed by atoms with Crippen LogP contribution in [-0.4, -0.2) is 41.6 Å². The number of carbonyl (C=O) groups is 1. The van der Waals surface area contributed by atoms with E-state index in [4.69, 9.17) is 9.47 Å². The number of nitrogens with one attached hydrogen (secondary N) is 1. The zero-order valence-corrected chi connectivity index (χ0v) is 20.1. The molecule has 1 N–H and O–H groups in total. The highest BCUT2D eigenvalue weighted by Crippen LogP contribution is 2.28. The van der Waals surface area contributed by atoms with E-state index < -0.39 is 28.3 Å². The van der Waals surface area contributed by atoms with Gasteiger partial charge < -0.3 is 14.8 Å². The highest BCUT2D eigenvalue weighted by molar-refractivity contribution is 7.92. The van der Waals surface area contributed by atoms with Crippen LogP contribution in [0.4, 0.5) is 10.1 Å². The third-order valence-corrected chi connectivity index (χ3v) is 6.98. The Morgan fingerprint density at radius 2 is 1.59 bits per heavy atom. The highest BCUT2D eigenvalue weighted by Gasteiger charge is 2.27. The lowest BCUT2D eigenvalue weighted by molar-refractivity contribution is -0.119. The minimum Gasteiger partial charge on any atom is -0.493 e. The molecular weight excluding hydrogens is 459 g/mol. The molecule has 9 heteroatoms. The third kappa shape index (κ3) is 6.05. The first-order valence-corrected chi connectivity index (χ1v) is 12.0. The maximum atomic E-state index is 13.3. The molecule has 180 valence electrons. The van der Waals surface area contributed by atoms with Gasteiger partial charge in [0.25, 0.3) is 10.0 Å². The molecule has 0 saturated heterocycles. The number of hydrogen-bond donors (Lipinski definition) is 1. The number of hydrogen-bond acceptors (Lipinski definition) is 5. The molecule has 3 aromatic carbocycles. The first-order chi connectivity index (χ1) is 16.2. The van der Waals surface area contributed by atoms with Gasteiger partial charge in [0.05, 0.1) is 24.8 Å². The molecule has 1 amide bonds. The number of sulfonamides is 1. The second kappa shape index (κ2) is 11.0. The molecule has 0 aliphatic rings. The molecule has 0 aliphatic carbocycles. The fourth-order valence-electron chi connectivity index (χ4n) is 3.33. The Morgan fingerprint density at radius 1 is 0.941 bits per heavy atom. The van der Waals surface area contributed by atoms with E-state index in [0.717, 1.165) is 27.6 Å². The predicted molar refractivity (Wildman–Crippen MR) is 128 cm³/mol. The molecule has 0 unspecified atom stereocenters. The second-order valence-electron chi connectivity index (χ2n) is 7.59. The first kappa shape index (κ1) is 25.0. The Kier molecular flexibility index (Phi) is 8.12. The van der Waals surface area contributed by atoms with Gasteiger partial charge in [-0.2, -0.15) is 0 Å². The quantitative estimate of drug-likeness (QED) is 0.472. The van der Waals surface area contributed by atoms with Gasteiger partial charge in [0, 0.05) is 6.54 Å². The molecule has 0 radical (unpaired) electrons. The average Bonchev–Trinajstić information content (AvgIpc) is 2.83. The van der Waals surface area contributed by atoms with Gasteiger partial charge in [-0.3, -0.25) is 9.10 Å². The summed E-state index contributed by atoms with van der Waals surface area (Å²) in [6.07, 6.45) is 0.515. The van der Waals surface area contributed by atoms with E-state index in [9.17, 15) is 17.6 Å². The number of carbonyl (C=O) groups excluding carboxylic acids is 1. The number of benzene rings is 3. The van der Waals surface area contributed by atoms with Crippen molar-refractivity contribution < 1.29 is 27.1 Å². The molecule has 0 bridgehead atoms. The summed E-state index contributed by atoms with van der Waals surface area (Å²) >= 11 is 0. The van der Waals surface area contributed by atoms with Gasteiger partial charge in [-0.1, -0.05) is 23.8 Å². The zero-order valence-electron chi connectivity index (χ0n) is 19.2.